The van der Waals surface area contributed by atoms with E-state index in [0.717, 1.165) is 43.5 Å². The number of hydrogen-bond donors (Lipinski definition) is 2. The predicted octanol–water partition coefficient (Wildman–Crippen LogP) is 3.28. The van der Waals surface area contributed by atoms with Crippen molar-refractivity contribution in [3.8, 4) is 0 Å². The summed E-state index contributed by atoms with van der Waals surface area (Å²) in [4.78, 5) is 10.9. The van der Waals surface area contributed by atoms with Crippen molar-refractivity contribution in [3.63, 3.8) is 0 Å². The van der Waals surface area contributed by atoms with Gasteiger partial charge in [-0.25, -0.2) is 0 Å². The van der Waals surface area contributed by atoms with Gasteiger partial charge in [0.2, 0.25) is 0 Å². The number of rotatable bonds is 6. The van der Waals surface area contributed by atoms with E-state index in [0.29, 0.717) is 12.6 Å². The normalized spacial score (nSPS) is 22.4. The molecule has 0 saturated heterocycles. The Morgan fingerprint density at radius 3 is 2.75 bits per heavy atom. The highest BCUT2D eigenvalue weighted by atomic mass is 16.5. The SMILES string of the molecule is CCOCc1cccc(NC2CCC(C(=O)O)CC2)c1. The molecule has 0 atom stereocenters. The fourth-order valence-corrected chi connectivity index (χ4v) is 2.69. The van der Waals surface area contributed by atoms with Gasteiger partial charge in [-0.05, 0) is 50.3 Å². The summed E-state index contributed by atoms with van der Waals surface area (Å²) in [5, 5.41) is 12.5. The summed E-state index contributed by atoms with van der Waals surface area (Å²) in [6.45, 7) is 3.34. The van der Waals surface area contributed by atoms with Gasteiger partial charge in [0.15, 0.2) is 0 Å². The third-order valence-corrected chi connectivity index (χ3v) is 3.85. The predicted molar refractivity (Wildman–Crippen MR) is 78.8 cm³/mol. The van der Waals surface area contributed by atoms with Crippen LogP contribution in [-0.4, -0.2) is 23.7 Å². The van der Waals surface area contributed by atoms with Crippen molar-refractivity contribution in [2.45, 2.75) is 45.3 Å². The van der Waals surface area contributed by atoms with Gasteiger partial charge in [0.25, 0.3) is 0 Å². The molecule has 4 heteroatoms. The lowest BCUT2D eigenvalue weighted by Gasteiger charge is -2.27. The van der Waals surface area contributed by atoms with Crippen LogP contribution in [0.25, 0.3) is 0 Å². The zero-order valence-corrected chi connectivity index (χ0v) is 12.0. The maximum absolute atomic E-state index is 10.9. The van der Waals surface area contributed by atoms with Crippen LogP contribution in [0, 0.1) is 5.92 Å². The van der Waals surface area contributed by atoms with Crippen LogP contribution in [0.5, 0.6) is 0 Å². The molecule has 0 amide bonds. The minimum atomic E-state index is -0.651. The molecular formula is C16H23NO3. The number of aliphatic carboxylic acids is 1. The summed E-state index contributed by atoms with van der Waals surface area (Å²) in [7, 11) is 0. The van der Waals surface area contributed by atoms with E-state index >= 15 is 0 Å². The van der Waals surface area contributed by atoms with Crippen LogP contribution in [0.4, 0.5) is 5.69 Å². The van der Waals surface area contributed by atoms with Gasteiger partial charge in [0.1, 0.15) is 0 Å². The average molecular weight is 277 g/mol. The molecule has 1 aromatic rings. The molecule has 0 heterocycles. The minimum Gasteiger partial charge on any atom is -0.481 e. The zero-order valence-electron chi connectivity index (χ0n) is 12.0. The standard InChI is InChI=1S/C16H23NO3/c1-2-20-11-12-4-3-5-15(10-12)17-14-8-6-13(7-9-14)16(18)19/h3-5,10,13-14,17H,2,6-9,11H2,1H3,(H,18,19). The monoisotopic (exact) mass is 277 g/mol. The van der Waals surface area contributed by atoms with Gasteiger partial charge in [-0.15, -0.1) is 0 Å². The fourth-order valence-electron chi connectivity index (χ4n) is 2.69. The first-order valence-electron chi connectivity index (χ1n) is 7.35. The molecule has 0 aromatic heterocycles. The molecule has 110 valence electrons. The van der Waals surface area contributed by atoms with E-state index in [-0.39, 0.29) is 5.92 Å². The molecule has 4 nitrogen and oxygen atoms in total. The van der Waals surface area contributed by atoms with Gasteiger partial charge < -0.3 is 15.2 Å². The third-order valence-electron chi connectivity index (χ3n) is 3.85. The molecule has 0 unspecified atom stereocenters. The Bertz CT molecular complexity index is 439. The number of ether oxygens (including phenoxy) is 1. The summed E-state index contributed by atoms with van der Waals surface area (Å²) < 4.78 is 5.41. The molecule has 1 aliphatic rings. The van der Waals surface area contributed by atoms with Gasteiger partial charge in [-0.1, -0.05) is 12.1 Å². The third kappa shape index (κ3) is 4.23. The first-order valence-corrected chi connectivity index (χ1v) is 7.35. The van der Waals surface area contributed by atoms with Gasteiger partial charge in [0, 0.05) is 18.3 Å². The van der Waals surface area contributed by atoms with Crippen molar-refractivity contribution in [3.05, 3.63) is 29.8 Å². The molecule has 2 N–H and O–H groups in total. The lowest BCUT2D eigenvalue weighted by molar-refractivity contribution is -0.142. The Morgan fingerprint density at radius 2 is 2.10 bits per heavy atom. The molecule has 0 spiro atoms. The molecule has 1 aromatic carbocycles. The highest BCUT2D eigenvalue weighted by Gasteiger charge is 2.25. The summed E-state index contributed by atoms with van der Waals surface area (Å²) in [6, 6.07) is 8.63. The maximum atomic E-state index is 10.9. The first kappa shape index (κ1) is 14.9. The van der Waals surface area contributed by atoms with Crippen LogP contribution in [0.2, 0.25) is 0 Å². The summed E-state index contributed by atoms with van der Waals surface area (Å²) in [5.41, 5.74) is 2.26. The van der Waals surface area contributed by atoms with Gasteiger partial charge >= 0.3 is 5.97 Å². The average Bonchev–Trinajstić information content (AvgIpc) is 2.46. The second-order valence-corrected chi connectivity index (χ2v) is 5.37. The smallest absolute Gasteiger partial charge is 0.306 e. The lowest BCUT2D eigenvalue weighted by Crippen LogP contribution is -2.29. The Morgan fingerprint density at radius 1 is 1.35 bits per heavy atom. The molecule has 0 radical (unpaired) electrons. The quantitative estimate of drug-likeness (QED) is 0.837. The Balaban J connectivity index is 1.86. The van der Waals surface area contributed by atoms with Crippen LogP contribution >= 0.6 is 0 Å². The van der Waals surface area contributed by atoms with Crippen LogP contribution < -0.4 is 5.32 Å². The molecule has 2 rings (SSSR count). The number of anilines is 1. The van der Waals surface area contributed by atoms with E-state index in [2.05, 4.69) is 23.5 Å². The molecule has 20 heavy (non-hydrogen) atoms. The van der Waals surface area contributed by atoms with E-state index in [4.69, 9.17) is 9.84 Å². The van der Waals surface area contributed by atoms with Crippen LogP contribution in [0.3, 0.4) is 0 Å². The van der Waals surface area contributed by atoms with Crippen molar-refractivity contribution in [1.82, 2.24) is 0 Å². The first-order chi connectivity index (χ1) is 9.69. The Labute approximate surface area is 120 Å². The topological polar surface area (TPSA) is 58.6 Å². The number of carboxylic acid groups (broad SMARTS) is 1. The number of hydrogen-bond acceptors (Lipinski definition) is 3. The van der Waals surface area contributed by atoms with E-state index < -0.39 is 5.97 Å². The summed E-state index contributed by atoms with van der Waals surface area (Å²) in [6.07, 6.45) is 3.39. The van der Waals surface area contributed by atoms with E-state index in [1.807, 2.05) is 13.0 Å². The van der Waals surface area contributed by atoms with Crippen molar-refractivity contribution < 1.29 is 14.6 Å². The van der Waals surface area contributed by atoms with Crippen molar-refractivity contribution in [2.24, 2.45) is 5.92 Å². The van der Waals surface area contributed by atoms with Crippen LogP contribution in [0.1, 0.15) is 38.2 Å². The molecule has 1 fully saturated rings. The summed E-state index contributed by atoms with van der Waals surface area (Å²) in [5.74, 6) is -0.806. The van der Waals surface area contributed by atoms with E-state index in [1.165, 1.54) is 0 Å². The van der Waals surface area contributed by atoms with Gasteiger partial charge in [-0.2, -0.15) is 0 Å². The zero-order chi connectivity index (χ0) is 14.4. The van der Waals surface area contributed by atoms with E-state index in [1.54, 1.807) is 0 Å². The molecule has 0 aliphatic heterocycles. The number of benzene rings is 1. The molecule has 0 bridgehead atoms. The molecular weight excluding hydrogens is 254 g/mol. The summed E-state index contributed by atoms with van der Waals surface area (Å²) >= 11 is 0. The fraction of sp³-hybridized carbons (Fsp3) is 0.562. The number of nitrogens with one attached hydrogen (secondary N) is 1. The largest absolute Gasteiger partial charge is 0.481 e. The van der Waals surface area contributed by atoms with Crippen LogP contribution in [-0.2, 0) is 16.1 Å². The highest BCUT2D eigenvalue weighted by molar-refractivity contribution is 5.70. The second-order valence-electron chi connectivity index (χ2n) is 5.37. The van der Waals surface area contributed by atoms with Gasteiger partial charge in [-0.3, -0.25) is 4.79 Å². The Hall–Kier alpha value is -1.55. The van der Waals surface area contributed by atoms with E-state index in [9.17, 15) is 4.79 Å². The Kier molecular flexibility index (Phi) is 5.41. The lowest BCUT2D eigenvalue weighted by atomic mass is 9.86. The van der Waals surface area contributed by atoms with Gasteiger partial charge in [0.05, 0.1) is 12.5 Å². The minimum absolute atomic E-state index is 0.155. The van der Waals surface area contributed by atoms with Crippen LogP contribution in [0.15, 0.2) is 24.3 Å². The molecule has 1 aliphatic carbocycles. The van der Waals surface area contributed by atoms with Crippen molar-refractivity contribution >= 4 is 11.7 Å². The maximum Gasteiger partial charge on any atom is 0.306 e. The molecule has 1 saturated carbocycles. The highest BCUT2D eigenvalue weighted by Crippen LogP contribution is 2.27. The number of carboxylic acids is 1. The second kappa shape index (κ2) is 7.29. The van der Waals surface area contributed by atoms with Crippen molar-refractivity contribution in [2.75, 3.05) is 11.9 Å². The number of carbonyl (C=O) groups is 1. The van der Waals surface area contributed by atoms with Crippen molar-refractivity contribution in [1.29, 1.82) is 0 Å².